The number of carbonyl (C=O) groups excluding carboxylic acids is 3. The van der Waals surface area contributed by atoms with Crippen LogP contribution in [0.5, 0.6) is 0 Å². The standard InChI is InChI=1S/C19H14F3I3O9S/c20-19(21,22)10(4-35(29,30)31)32-17(27)11-6-3-7-12(11)18(28)34-15(7)14(6)33-16(26)8-1-5(23)2-9(24)13(8)25/h1-2,6-7,10-12,14-15H,3-4H2,(H,29,30,31). The first-order valence-corrected chi connectivity index (χ1v) is 14.7. The third kappa shape index (κ3) is 5.40. The minimum absolute atomic E-state index is 0.175. The molecule has 9 nitrogen and oxygen atoms in total. The molecule has 0 aromatic heterocycles. The average Bonchev–Trinajstić information content (AvgIpc) is 3.32. The van der Waals surface area contributed by atoms with Crippen molar-refractivity contribution in [2.45, 2.75) is 30.9 Å². The fourth-order valence-electron chi connectivity index (χ4n) is 4.97. The van der Waals surface area contributed by atoms with Gasteiger partial charge in [0.1, 0.15) is 18.0 Å². The molecule has 2 aliphatic carbocycles. The lowest BCUT2D eigenvalue weighted by atomic mass is 9.78. The Hall–Kier alpha value is -0.480. The smallest absolute Gasteiger partial charge is 0.426 e. The Morgan fingerprint density at radius 1 is 1.20 bits per heavy atom. The van der Waals surface area contributed by atoms with Crippen molar-refractivity contribution in [2.24, 2.45) is 23.7 Å². The van der Waals surface area contributed by atoms with Crippen LogP contribution in [0.3, 0.4) is 0 Å². The maximum Gasteiger partial charge on any atom is 0.426 e. The molecular weight excluding hydrogens is 842 g/mol. The maximum absolute atomic E-state index is 13.3. The van der Waals surface area contributed by atoms with Crippen LogP contribution in [0.15, 0.2) is 12.1 Å². The fourth-order valence-corrected chi connectivity index (χ4v) is 7.98. The Bertz CT molecular complexity index is 1210. The molecule has 1 aromatic rings. The molecule has 2 saturated carbocycles. The molecule has 0 amide bonds. The van der Waals surface area contributed by atoms with E-state index in [2.05, 4.69) is 4.74 Å². The van der Waals surface area contributed by atoms with Gasteiger partial charge in [-0.1, -0.05) is 0 Å². The third-order valence-corrected chi connectivity index (χ3v) is 10.7. The van der Waals surface area contributed by atoms with Gasteiger partial charge < -0.3 is 14.2 Å². The highest BCUT2D eigenvalue weighted by Gasteiger charge is 2.70. The van der Waals surface area contributed by atoms with E-state index in [0.717, 1.165) is 7.14 Å². The monoisotopic (exact) mass is 856 g/mol. The number of alkyl halides is 3. The van der Waals surface area contributed by atoms with Gasteiger partial charge in [0.05, 0.1) is 17.4 Å². The largest absolute Gasteiger partial charge is 0.458 e. The summed E-state index contributed by atoms with van der Waals surface area (Å²) in [5, 5.41) is 0. The van der Waals surface area contributed by atoms with Crippen LogP contribution in [0.2, 0.25) is 0 Å². The van der Waals surface area contributed by atoms with Gasteiger partial charge in [-0.25, -0.2) is 4.79 Å². The quantitative estimate of drug-likeness (QED) is 0.151. The average molecular weight is 856 g/mol. The highest BCUT2D eigenvalue weighted by Crippen LogP contribution is 2.59. The molecule has 3 fully saturated rings. The first-order valence-electron chi connectivity index (χ1n) is 9.87. The Kier molecular flexibility index (Phi) is 7.62. The molecule has 2 bridgehead atoms. The number of hydrogen-bond donors (Lipinski definition) is 1. The van der Waals surface area contributed by atoms with E-state index in [1.807, 2.05) is 73.8 Å². The summed E-state index contributed by atoms with van der Waals surface area (Å²) >= 11 is 6.04. The number of ether oxygens (including phenoxy) is 3. The Balaban J connectivity index is 1.58. The summed E-state index contributed by atoms with van der Waals surface area (Å²) in [4.78, 5) is 38.2. The highest BCUT2D eigenvalue weighted by atomic mass is 127. The summed E-state index contributed by atoms with van der Waals surface area (Å²) in [6, 6.07) is 3.44. The number of fused-ring (bicyclic) bond motifs is 1. The summed E-state index contributed by atoms with van der Waals surface area (Å²) < 4.78 is 88.3. The van der Waals surface area contributed by atoms with E-state index < -0.39 is 81.9 Å². The van der Waals surface area contributed by atoms with Gasteiger partial charge in [0.15, 0.2) is 0 Å². The molecule has 16 heteroatoms. The third-order valence-electron chi connectivity index (χ3n) is 6.26. The van der Waals surface area contributed by atoms with Gasteiger partial charge in [-0.05, 0) is 86.3 Å². The predicted octanol–water partition coefficient (Wildman–Crippen LogP) is 3.20. The lowest BCUT2D eigenvalue weighted by Gasteiger charge is -2.31. The van der Waals surface area contributed by atoms with Gasteiger partial charge in [0.25, 0.3) is 10.1 Å². The summed E-state index contributed by atoms with van der Waals surface area (Å²) in [6.07, 6.45) is -10.2. The van der Waals surface area contributed by atoms with E-state index in [1.165, 1.54) is 0 Å². The lowest BCUT2D eigenvalue weighted by molar-refractivity contribution is -0.219. The molecule has 1 aliphatic heterocycles. The number of esters is 3. The lowest BCUT2D eigenvalue weighted by Crippen LogP contribution is -2.47. The second kappa shape index (κ2) is 9.68. The minimum atomic E-state index is -5.29. The Labute approximate surface area is 237 Å². The zero-order valence-corrected chi connectivity index (χ0v) is 24.3. The molecule has 1 saturated heterocycles. The number of rotatable bonds is 6. The van der Waals surface area contributed by atoms with E-state index in [-0.39, 0.29) is 12.0 Å². The first-order chi connectivity index (χ1) is 16.1. The van der Waals surface area contributed by atoms with E-state index in [0.29, 0.717) is 3.57 Å². The summed E-state index contributed by atoms with van der Waals surface area (Å²) in [6.45, 7) is 0. The number of benzene rings is 1. The second-order valence-corrected chi connectivity index (χ2v) is 13.3. The van der Waals surface area contributed by atoms with Crippen LogP contribution < -0.4 is 0 Å². The van der Waals surface area contributed by atoms with E-state index in [9.17, 15) is 36.0 Å². The van der Waals surface area contributed by atoms with Crippen LogP contribution >= 0.6 is 67.8 Å². The van der Waals surface area contributed by atoms with E-state index >= 15 is 0 Å². The van der Waals surface area contributed by atoms with Crippen LogP contribution in [0.4, 0.5) is 13.2 Å². The fraction of sp³-hybridized carbons (Fsp3) is 0.526. The SMILES string of the molecule is O=C(OC1C2CC3C1OC(=O)C3C2C(=O)OC(CS(=O)(=O)O)C(F)(F)F)c1cc(I)cc(I)c1I. The van der Waals surface area contributed by atoms with Crippen molar-refractivity contribution in [3.05, 3.63) is 28.4 Å². The van der Waals surface area contributed by atoms with Crippen LogP contribution in [0.1, 0.15) is 16.8 Å². The summed E-state index contributed by atoms with van der Waals surface area (Å²) in [5.41, 5.74) is 0.245. The molecule has 7 unspecified atom stereocenters. The number of carbonyl (C=O) groups is 3. The molecule has 1 heterocycles. The molecule has 1 N–H and O–H groups in total. The van der Waals surface area contributed by atoms with Crippen molar-refractivity contribution in [3.8, 4) is 0 Å². The van der Waals surface area contributed by atoms with Gasteiger partial charge in [0, 0.05) is 22.5 Å². The van der Waals surface area contributed by atoms with E-state index in [1.54, 1.807) is 6.07 Å². The van der Waals surface area contributed by atoms with Gasteiger partial charge in [0.2, 0.25) is 6.10 Å². The molecule has 192 valence electrons. The van der Waals surface area contributed by atoms with Gasteiger partial charge in [-0.2, -0.15) is 21.6 Å². The normalized spacial score (nSPS) is 30.2. The molecule has 35 heavy (non-hydrogen) atoms. The van der Waals surface area contributed by atoms with Crippen LogP contribution in [0.25, 0.3) is 0 Å². The van der Waals surface area contributed by atoms with Crippen molar-refractivity contribution >= 4 is 95.8 Å². The topological polar surface area (TPSA) is 133 Å². The Morgan fingerprint density at radius 2 is 1.86 bits per heavy atom. The van der Waals surface area contributed by atoms with Crippen LogP contribution in [-0.4, -0.2) is 61.1 Å². The minimum Gasteiger partial charge on any atom is -0.458 e. The summed E-state index contributed by atoms with van der Waals surface area (Å²) in [7, 11) is -5.14. The van der Waals surface area contributed by atoms with Gasteiger partial charge >= 0.3 is 24.1 Å². The molecule has 3 aliphatic rings. The van der Waals surface area contributed by atoms with Crippen molar-refractivity contribution in [1.29, 1.82) is 0 Å². The molecule has 1 aromatic carbocycles. The second-order valence-electron chi connectivity index (χ2n) is 8.35. The molecule has 7 atom stereocenters. The zero-order chi connectivity index (χ0) is 26.0. The molecule has 4 rings (SSSR count). The number of halogens is 6. The highest BCUT2D eigenvalue weighted by molar-refractivity contribution is 14.1. The maximum atomic E-state index is 13.3. The van der Waals surface area contributed by atoms with Crippen LogP contribution in [0, 0.1) is 34.4 Å². The summed E-state index contributed by atoms with van der Waals surface area (Å²) in [5.74, 6) is -8.86. The first kappa shape index (κ1) is 27.6. The van der Waals surface area contributed by atoms with Crippen molar-refractivity contribution in [1.82, 2.24) is 0 Å². The van der Waals surface area contributed by atoms with Crippen LogP contribution in [-0.2, 0) is 33.9 Å². The molecular formula is C19H14F3I3O9S. The van der Waals surface area contributed by atoms with E-state index in [4.69, 9.17) is 14.0 Å². The molecule has 0 radical (unpaired) electrons. The van der Waals surface area contributed by atoms with Crippen molar-refractivity contribution < 1.29 is 54.7 Å². The molecule has 0 spiro atoms. The van der Waals surface area contributed by atoms with Crippen molar-refractivity contribution in [3.63, 3.8) is 0 Å². The van der Waals surface area contributed by atoms with Crippen molar-refractivity contribution in [2.75, 3.05) is 5.75 Å². The Morgan fingerprint density at radius 3 is 2.46 bits per heavy atom. The van der Waals surface area contributed by atoms with Gasteiger partial charge in [-0.3, -0.25) is 14.1 Å². The number of hydrogen-bond acceptors (Lipinski definition) is 8. The predicted molar refractivity (Wildman–Crippen MR) is 135 cm³/mol. The van der Waals surface area contributed by atoms with Gasteiger partial charge in [-0.15, -0.1) is 0 Å². The zero-order valence-electron chi connectivity index (χ0n) is 17.0.